The Kier molecular flexibility index (Phi) is 3.71. The van der Waals surface area contributed by atoms with Crippen molar-refractivity contribution >= 4 is 10.4 Å². The van der Waals surface area contributed by atoms with Crippen molar-refractivity contribution in [3.05, 3.63) is 0 Å². The van der Waals surface area contributed by atoms with Crippen LogP contribution in [0, 0.1) is 0 Å². The van der Waals surface area contributed by atoms with E-state index in [1.807, 2.05) is 0 Å². The van der Waals surface area contributed by atoms with Gasteiger partial charge in [0.2, 0.25) is 0 Å². The third-order valence-electron chi connectivity index (χ3n) is 0.581. The third-order valence-corrected chi connectivity index (χ3v) is 1.05. The number of hydrogen-bond donors (Lipinski definition) is 2. The van der Waals surface area contributed by atoms with E-state index in [4.69, 9.17) is 10.3 Å². The Morgan fingerprint density at radius 1 is 1.56 bits per heavy atom. The average Bonchev–Trinajstić information content (AvgIpc) is 1.63. The second-order valence-electron chi connectivity index (χ2n) is 1.39. The molecule has 56 valence electrons. The van der Waals surface area contributed by atoms with E-state index in [1.165, 1.54) is 0 Å². The highest BCUT2D eigenvalue weighted by Gasteiger charge is 2.01. The Labute approximate surface area is 53.8 Å². The van der Waals surface area contributed by atoms with Gasteiger partial charge in [0.05, 0.1) is 6.61 Å². The van der Waals surface area contributed by atoms with Crippen LogP contribution in [-0.2, 0) is 14.6 Å². The largest absolute Gasteiger partial charge is 0.397 e. The summed E-state index contributed by atoms with van der Waals surface area (Å²) in [5.74, 6) is 0. The van der Waals surface area contributed by atoms with Gasteiger partial charge in [-0.2, -0.15) is 8.42 Å². The summed E-state index contributed by atoms with van der Waals surface area (Å²) in [4.78, 5) is 0. The summed E-state index contributed by atoms with van der Waals surface area (Å²) >= 11 is 0. The maximum atomic E-state index is 9.80. The Balaban J connectivity index is 3.30. The molecule has 0 rings (SSSR count). The lowest BCUT2D eigenvalue weighted by atomic mass is 10.5. The first-order valence-corrected chi connectivity index (χ1v) is 3.74. The molecule has 5 nitrogen and oxygen atoms in total. The molecule has 0 aromatic rings. The number of nitrogens with two attached hydrogens (primary N) is 1. The lowest BCUT2D eigenvalue weighted by molar-refractivity contribution is 0.266. The van der Waals surface area contributed by atoms with Crippen LogP contribution in [0.15, 0.2) is 0 Å². The second-order valence-corrected chi connectivity index (χ2v) is 2.48. The summed E-state index contributed by atoms with van der Waals surface area (Å²) in [5.41, 5.74) is 5.00. The first kappa shape index (κ1) is 8.83. The van der Waals surface area contributed by atoms with Crippen molar-refractivity contribution in [2.24, 2.45) is 5.73 Å². The molecular formula is C3H9NO4S. The second kappa shape index (κ2) is 3.78. The fourth-order valence-corrected chi connectivity index (χ4v) is 0.576. The maximum absolute atomic E-state index is 9.80. The van der Waals surface area contributed by atoms with Crippen molar-refractivity contribution in [1.82, 2.24) is 0 Å². The molecule has 0 saturated heterocycles. The van der Waals surface area contributed by atoms with Gasteiger partial charge in [0.1, 0.15) is 0 Å². The molecule has 0 heterocycles. The van der Waals surface area contributed by atoms with Gasteiger partial charge in [-0.1, -0.05) is 0 Å². The Hall–Kier alpha value is -0.170. The van der Waals surface area contributed by atoms with E-state index in [0.717, 1.165) is 0 Å². The SMILES string of the molecule is NCCCOS(=O)(=O)O. The summed E-state index contributed by atoms with van der Waals surface area (Å²) < 4.78 is 31.5. The van der Waals surface area contributed by atoms with Gasteiger partial charge in [-0.25, -0.2) is 4.18 Å². The van der Waals surface area contributed by atoms with Gasteiger partial charge < -0.3 is 5.73 Å². The molecular weight excluding hydrogens is 146 g/mol. The van der Waals surface area contributed by atoms with E-state index < -0.39 is 10.4 Å². The third kappa shape index (κ3) is 7.83. The molecule has 0 spiro atoms. The van der Waals surface area contributed by atoms with E-state index in [1.54, 1.807) is 0 Å². The average molecular weight is 155 g/mol. The highest BCUT2D eigenvalue weighted by atomic mass is 32.3. The van der Waals surface area contributed by atoms with E-state index >= 15 is 0 Å². The minimum Gasteiger partial charge on any atom is -0.330 e. The van der Waals surface area contributed by atoms with Crippen molar-refractivity contribution in [3.63, 3.8) is 0 Å². The van der Waals surface area contributed by atoms with Crippen LogP contribution in [0.3, 0.4) is 0 Å². The summed E-state index contributed by atoms with van der Waals surface area (Å²) in [6.45, 7) is 0.283. The van der Waals surface area contributed by atoms with Crippen molar-refractivity contribution in [3.8, 4) is 0 Å². The molecule has 0 fully saturated rings. The lowest BCUT2D eigenvalue weighted by Gasteiger charge is -1.95. The maximum Gasteiger partial charge on any atom is 0.397 e. The van der Waals surface area contributed by atoms with Crippen LogP contribution >= 0.6 is 0 Å². The zero-order valence-electron chi connectivity index (χ0n) is 4.78. The van der Waals surface area contributed by atoms with Crippen molar-refractivity contribution in [2.45, 2.75) is 6.42 Å². The van der Waals surface area contributed by atoms with Crippen LogP contribution in [0.2, 0.25) is 0 Å². The minimum absolute atomic E-state index is 0.0602. The predicted octanol–water partition coefficient (Wildman–Crippen LogP) is -0.845. The molecule has 0 aromatic carbocycles. The molecule has 0 bridgehead atoms. The van der Waals surface area contributed by atoms with Crippen LogP contribution < -0.4 is 5.73 Å². The zero-order valence-corrected chi connectivity index (χ0v) is 5.60. The molecule has 0 aromatic heterocycles. The van der Waals surface area contributed by atoms with Gasteiger partial charge in [-0.05, 0) is 13.0 Å². The zero-order chi connectivity index (χ0) is 7.33. The predicted molar refractivity (Wildman–Crippen MR) is 31.2 cm³/mol. The van der Waals surface area contributed by atoms with Gasteiger partial charge in [0.25, 0.3) is 0 Å². The van der Waals surface area contributed by atoms with E-state index in [2.05, 4.69) is 4.18 Å². The molecule has 6 heteroatoms. The minimum atomic E-state index is -4.25. The molecule has 0 amide bonds. The normalized spacial score (nSPS) is 11.8. The monoisotopic (exact) mass is 155 g/mol. The van der Waals surface area contributed by atoms with Crippen molar-refractivity contribution in [1.29, 1.82) is 0 Å². The van der Waals surface area contributed by atoms with Gasteiger partial charge in [-0.15, -0.1) is 0 Å². The lowest BCUT2D eigenvalue weighted by Crippen LogP contribution is -2.08. The van der Waals surface area contributed by atoms with Gasteiger partial charge in [0, 0.05) is 0 Å². The van der Waals surface area contributed by atoms with E-state index in [0.29, 0.717) is 13.0 Å². The van der Waals surface area contributed by atoms with Crippen LogP contribution in [0.25, 0.3) is 0 Å². The van der Waals surface area contributed by atoms with E-state index in [-0.39, 0.29) is 6.61 Å². The van der Waals surface area contributed by atoms with Crippen molar-refractivity contribution < 1.29 is 17.2 Å². The van der Waals surface area contributed by atoms with Crippen LogP contribution in [0.5, 0.6) is 0 Å². The molecule has 0 unspecified atom stereocenters. The van der Waals surface area contributed by atoms with Crippen LogP contribution in [0.4, 0.5) is 0 Å². The fourth-order valence-electron chi connectivity index (χ4n) is 0.248. The molecule has 9 heavy (non-hydrogen) atoms. The van der Waals surface area contributed by atoms with Crippen molar-refractivity contribution in [2.75, 3.05) is 13.2 Å². The first-order valence-electron chi connectivity index (χ1n) is 2.38. The summed E-state index contributed by atoms with van der Waals surface area (Å²) in [7, 11) is -4.25. The first-order chi connectivity index (χ1) is 4.06. The van der Waals surface area contributed by atoms with Crippen LogP contribution in [-0.4, -0.2) is 26.1 Å². The highest BCUT2D eigenvalue weighted by Crippen LogP contribution is 1.86. The Morgan fingerprint density at radius 3 is 2.44 bits per heavy atom. The van der Waals surface area contributed by atoms with E-state index in [9.17, 15) is 8.42 Å². The molecule has 0 aliphatic carbocycles. The summed E-state index contributed by atoms with van der Waals surface area (Å²) in [6, 6.07) is 0. The molecule has 0 aliphatic heterocycles. The molecule has 0 radical (unpaired) electrons. The fraction of sp³-hybridized carbons (Fsp3) is 1.00. The number of hydrogen-bond acceptors (Lipinski definition) is 4. The summed E-state index contributed by atoms with van der Waals surface area (Å²) in [5, 5.41) is 0. The number of rotatable bonds is 4. The van der Waals surface area contributed by atoms with Gasteiger partial charge in [0.15, 0.2) is 0 Å². The smallest absolute Gasteiger partial charge is 0.330 e. The molecule has 3 N–H and O–H groups in total. The molecule has 0 aliphatic rings. The highest BCUT2D eigenvalue weighted by molar-refractivity contribution is 7.80. The van der Waals surface area contributed by atoms with Gasteiger partial charge in [-0.3, -0.25) is 4.55 Å². The quantitative estimate of drug-likeness (QED) is 0.408. The molecule has 0 atom stereocenters. The Morgan fingerprint density at radius 2 is 2.11 bits per heavy atom. The standard InChI is InChI=1S/C3H9NO4S/c4-2-1-3-8-9(5,6)7/h1-4H2,(H,5,6,7). The van der Waals surface area contributed by atoms with Crippen LogP contribution in [0.1, 0.15) is 6.42 Å². The summed E-state index contributed by atoms with van der Waals surface area (Å²) in [6.07, 6.45) is 0.416. The van der Waals surface area contributed by atoms with Gasteiger partial charge >= 0.3 is 10.4 Å². The topological polar surface area (TPSA) is 89.6 Å². The Bertz CT molecular complexity index is 151. The molecule has 0 saturated carbocycles.